The number of nitrogens with one attached hydrogen (secondary N) is 3. The maximum atomic E-state index is 12.7. The number of anilines is 3. The van der Waals surface area contributed by atoms with Crippen LogP contribution in [0.3, 0.4) is 0 Å². The minimum Gasteiger partial charge on any atom is -0.496 e. The van der Waals surface area contributed by atoms with E-state index in [1.807, 2.05) is 12.1 Å². The van der Waals surface area contributed by atoms with E-state index in [9.17, 15) is 13.2 Å². The summed E-state index contributed by atoms with van der Waals surface area (Å²) in [6.07, 6.45) is 4.64. The molecule has 1 fully saturated rings. The van der Waals surface area contributed by atoms with Gasteiger partial charge in [0.15, 0.2) is 5.11 Å². The Bertz CT molecular complexity index is 1740. The number of rotatable bonds is 7. The molecule has 0 radical (unpaired) electrons. The van der Waals surface area contributed by atoms with Crippen LogP contribution in [0.2, 0.25) is 0 Å². The summed E-state index contributed by atoms with van der Waals surface area (Å²) >= 11 is 5.69. The lowest BCUT2D eigenvalue weighted by Crippen LogP contribution is -2.53. The number of amidine groups is 1. The van der Waals surface area contributed by atoms with Gasteiger partial charge in [0, 0.05) is 68.0 Å². The van der Waals surface area contributed by atoms with Crippen LogP contribution in [-0.2, 0) is 21.2 Å². The second-order valence-electron chi connectivity index (χ2n) is 10.6. The van der Waals surface area contributed by atoms with E-state index in [1.54, 1.807) is 38.6 Å². The van der Waals surface area contributed by atoms with Gasteiger partial charge in [-0.3, -0.25) is 4.79 Å². The highest BCUT2D eigenvalue weighted by atomic mass is 32.2. The van der Waals surface area contributed by atoms with E-state index in [-0.39, 0.29) is 28.7 Å². The summed E-state index contributed by atoms with van der Waals surface area (Å²) in [5.74, 6) is 1.60. The summed E-state index contributed by atoms with van der Waals surface area (Å²) in [7, 11) is -2.22. The van der Waals surface area contributed by atoms with Gasteiger partial charge >= 0.3 is 0 Å². The van der Waals surface area contributed by atoms with Gasteiger partial charge in [-0.2, -0.15) is 0 Å². The van der Waals surface area contributed by atoms with Crippen LogP contribution in [0.15, 0.2) is 69.7 Å². The summed E-state index contributed by atoms with van der Waals surface area (Å²) in [6, 6.07) is 11.9. The third kappa shape index (κ3) is 6.05. The van der Waals surface area contributed by atoms with Gasteiger partial charge in [0.25, 0.3) is 10.0 Å². The first-order valence-corrected chi connectivity index (χ1v) is 15.9. The number of thiocarbonyl (C=S) groups is 1. The SMILES string of the molecule is COc1cc2c(cc1CC(C)=O)C1C(N3CCN(C(=S)Nc4ccc(S(=O)(=O)Nc5ncccn5)cc4)CC3)=NC=NC1N2. The number of nitrogens with zero attached hydrogens (tertiary/aromatic N) is 6. The Balaban J connectivity index is 1.09. The lowest BCUT2D eigenvalue weighted by atomic mass is 9.93. The van der Waals surface area contributed by atoms with Gasteiger partial charge in [-0.15, -0.1) is 0 Å². The van der Waals surface area contributed by atoms with Gasteiger partial charge in [-0.05, 0) is 61.1 Å². The summed E-state index contributed by atoms with van der Waals surface area (Å²) < 4.78 is 33.3. The number of fused-ring (bicyclic) bond motifs is 3. The summed E-state index contributed by atoms with van der Waals surface area (Å²) in [5.41, 5.74) is 3.51. The molecule has 228 valence electrons. The van der Waals surface area contributed by atoms with Crippen LogP contribution in [0.1, 0.15) is 24.0 Å². The number of ether oxygens (including phenoxy) is 1. The molecular weight excluding hydrogens is 603 g/mol. The molecule has 15 heteroatoms. The number of carbonyl (C=O) groups is 1. The molecule has 2 unspecified atom stereocenters. The van der Waals surface area contributed by atoms with E-state index in [0.717, 1.165) is 22.6 Å². The van der Waals surface area contributed by atoms with Crippen molar-refractivity contribution in [3.8, 4) is 5.75 Å². The van der Waals surface area contributed by atoms with Crippen LogP contribution < -0.4 is 20.1 Å². The molecule has 3 aliphatic rings. The first-order chi connectivity index (χ1) is 21.2. The first kappa shape index (κ1) is 29.4. The van der Waals surface area contributed by atoms with Crippen molar-refractivity contribution in [3.63, 3.8) is 0 Å². The van der Waals surface area contributed by atoms with Crippen molar-refractivity contribution in [2.75, 3.05) is 48.6 Å². The Morgan fingerprint density at radius 3 is 2.52 bits per heavy atom. The average molecular weight is 634 g/mol. The molecule has 2 aromatic carbocycles. The summed E-state index contributed by atoms with van der Waals surface area (Å²) in [4.78, 5) is 33.4. The molecule has 0 saturated carbocycles. The fraction of sp³-hybridized carbons (Fsp3) is 0.310. The molecule has 1 saturated heterocycles. The van der Waals surface area contributed by atoms with Crippen LogP contribution in [0.4, 0.5) is 17.3 Å². The maximum absolute atomic E-state index is 12.7. The van der Waals surface area contributed by atoms with E-state index in [4.69, 9.17) is 21.9 Å². The zero-order chi connectivity index (χ0) is 30.8. The Kier molecular flexibility index (Phi) is 8.14. The van der Waals surface area contributed by atoms with Crippen LogP contribution in [0.5, 0.6) is 5.75 Å². The second kappa shape index (κ2) is 12.2. The monoisotopic (exact) mass is 633 g/mol. The minimum absolute atomic E-state index is 0.00313. The third-order valence-electron chi connectivity index (χ3n) is 7.64. The van der Waals surface area contributed by atoms with Gasteiger partial charge in [0.05, 0.1) is 17.9 Å². The molecule has 44 heavy (non-hydrogen) atoms. The molecule has 6 rings (SSSR count). The number of hydrogen-bond acceptors (Lipinski definition) is 11. The fourth-order valence-electron chi connectivity index (χ4n) is 5.55. The van der Waals surface area contributed by atoms with Gasteiger partial charge in [-0.1, -0.05) is 0 Å². The van der Waals surface area contributed by atoms with Crippen LogP contribution in [-0.4, -0.2) is 90.7 Å². The van der Waals surface area contributed by atoms with Crippen LogP contribution in [0.25, 0.3) is 0 Å². The molecule has 0 spiro atoms. The summed E-state index contributed by atoms with van der Waals surface area (Å²) in [6.45, 7) is 4.32. The number of carbonyl (C=O) groups excluding carboxylic acids is 1. The topological polar surface area (TPSA) is 154 Å². The van der Waals surface area contributed by atoms with Gasteiger partial charge < -0.3 is 25.2 Å². The molecule has 3 aromatic rings. The van der Waals surface area contributed by atoms with Crippen molar-refractivity contribution in [3.05, 3.63) is 66.0 Å². The minimum atomic E-state index is -3.83. The number of Topliss-reactive ketones (excluding diaryl/α,β-unsaturated/α-hetero) is 1. The molecule has 1 aromatic heterocycles. The average Bonchev–Trinajstić information content (AvgIpc) is 3.38. The number of piperazine rings is 1. The Morgan fingerprint density at radius 1 is 1.11 bits per heavy atom. The number of methoxy groups -OCH3 is 1. The Hall–Kier alpha value is -4.63. The van der Waals surface area contributed by atoms with E-state index in [0.29, 0.717) is 49.1 Å². The molecule has 0 aliphatic carbocycles. The Labute approximate surface area is 260 Å². The molecule has 4 heterocycles. The number of aromatic nitrogens is 2. The normalized spacial score (nSPS) is 18.9. The number of sulfonamides is 1. The molecule has 3 aliphatic heterocycles. The van der Waals surface area contributed by atoms with Crippen LogP contribution >= 0.6 is 12.2 Å². The van der Waals surface area contributed by atoms with Gasteiger partial charge in [-0.25, -0.2) is 33.1 Å². The maximum Gasteiger partial charge on any atom is 0.264 e. The van der Waals surface area contributed by atoms with E-state index in [2.05, 4.69) is 40.1 Å². The largest absolute Gasteiger partial charge is 0.496 e. The molecular formula is C29H31N9O4S2. The smallest absolute Gasteiger partial charge is 0.264 e. The van der Waals surface area contributed by atoms with E-state index < -0.39 is 10.0 Å². The standard InChI is InChI=1S/C29H31N9O4S2/c1-18(39)14-19-15-22-23(16-24(19)42-2)35-26-25(22)27(33-17-32-26)37-10-12-38(13-11-37)29(43)34-20-4-6-21(7-5-20)44(40,41)36-28-30-8-3-9-31-28/h3-9,15-17,25-26,35H,10-14H2,1-2H3,(H,34,43)(H,30,31,36). The van der Waals surface area contributed by atoms with Crippen molar-refractivity contribution in [2.45, 2.75) is 30.3 Å². The fourth-order valence-corrected chi connectivity index (χ4v) is 6.81. The zero-order valence-electron chi connectivity index (χ0n) is 24.1. The number of aliphatic imine (C=N–C) groups is 2. The predicted octanol–water partition coefficient (Wildman–Crippen LogP) is 2.71. The summed E-state index contributed by atoms with van der Waals surface area (Å²) in [5, 5.41) is 7.25. The van der Waals surface area contributed by atoms with Crippen molar-refractivity contribution in [1.29, 1.82) is 0 Å². The Morgan fingerprint density at radius 2 is 1.84 bits per heavy atom. The zero-order valence-corrected chi connectivity index (χ0v) is 25.7. The highest BCUT2D eigenvalue weighted by Crippen LogP contribution is 2.43. The van der Waals surface area contributed by atoms with Gasteiger partial charge in [0.1, 0.15) is 29.9 Å². The van der Waals surface area contributed by atoms with E-state index in [1.165, 1.54) is 24.5 Å². The first-order valence-electron chi connectivity index (χ1n) is 14.0. The van der Waals surface area contributed by atoms with Crippen molar-refractivity contribution in [2.24, 2.45) is 9.98 Å². The molecule has 13 nitrogen and oxygen atoms in total. The number of hydrogen-bond donors (Lipinski definition) is 3. The van der Waals surface area contributed by atoms with Crippen molar-refractivity contribution in [1.82, 2.24) is 19.8 Å². The molecule has 0 amide bonds. The molecule has 2 atom stereocenters. The lowest BCUT2D eigenvalue weighted by molar-refractivity contribution is -0.116. The number of ketones is 1. The van der Waals surface area contributed by atoms with Crippen LogP contribution in [0, 0.1) is 0 Å². The van der Waals surface area contributed by atoms with Crippen molar-refractivity contribution >= 4 is 62.6 Å². The van der Waals surface area contributed by atoms with E-state index >= 15 is 0 Å². The number of benzene rings is 2. The molecule has 3 N–H and O–H groups in total. The highest BCUT2D eigenvalue weighted by molar-refractivity contribution is 7.92. The highest BCUT2D eigenvalue weighted by Gasteiger charge is 2.41. The predicted molar refractivity (Wildman–Crippen MR) is 172 cm³/mol. The quantitative estimate of drug-likeness (QED) is 0.329. The lowest BCUT2D eigenvalue weighted by Gasteiger charge is -2.40. The van der Waals surface area contributed by atoms with Gasteiger partial charge in [0.2, 0.25) is 5.95 Å². The molecule has 0 bridgehead atoms. The second-order valence-corrected chi connectivity index (χ2v) is 12.6. The van der Waals surface area contributed by atoms with Crippen molar-refractivity contribution < 1.29 is 17.9 Å². The third-order valence-corrected chi connectivity index (χ3v) is 9.34.